The van der Waals surface area contributed by atoms with E-state index >= 15 is 0 Å². The van der Waals surface area contributed by atoms with Crippen LogP contribution in [0.5, 0.6) is 0 Å². The number of H-pyrrole nitrogens is 1. The number of carbonyl (C=O) groups excluding carboxylic acids is 2. The first-order chi connectivity index (χ1) is 10.6. The number of benzene rings is 1. The number of nitrogens with zero attached hydrogens (tertiary/aromatic N) is 1. The molecule has 0 saturated carbocycles. The summed E-state index contributed by atoms with van der Waals surface area (Å²) in [6.07, 6.45) is 2.14. The van der Waals surface area contributed by atoms with Gasteiger partial charge in [-0.2, -0.15) is 0 Å². The number of para-hydroxylation sites is 1. The Morgan fingerprint density at radius 1 is 1.32 bits per heavy atom. The highest BCUT2D eigenvalue weighted by Crippen LogP contribution is 2.17. The zero-order chi connectivity index (χ0) is 15.5. The molecular weight excluding hydrogens is 282 g/mol. The molecule has 1 fully saturated rings. The number of rotatable bonds is 4. The van der Waals surface area contributed by atoms with Crippen LogP contribution in [0.15, 0.2) is 18.2 Å². The fraction of sp³-hybridized carbons (Fsp3) is 0.400. The molecule has 2 aromatic rings. The minimum absolute atomic E-state index is 0.0635. The topological polar surface area (TPSA) is 113 Å². The average Bonchev–Trinajstić information content (AvgIpc) is 2.98. The fourth-order valence-corrected chi connectivity index (χ4v) is 2.75. The van der Waals surface area contributed by atoms with E-state index in [4.69, 9.17) is 5.73 Å². The fourth-order valence-electron chi connectivity index (χ4n) is 2.75. The minimum atomic E-state index is -0.641. The van der Waals surface area contributed by atoms with E-state index < -0.39 is 5.91 Å². The molecule has 0 radical (unpaired) electrons. The highest BCUT2D eigenvalue weighted by molar-refractivity contribution is 6.06. The number of imidazole rings is 1. The van der Waals surface area contributed by atoms with Gasteiger partial charge in [0.05, 0.1) is 11.1 Å². The van der Waals surface area contributed by atoms with E-state index in [1.54, 1.807) is 18.2 Å². The first-order valence-electron chi connectivity index (χ1n) is 7.42. The van der Waals surface area contributed by atoms with Crippen molar-refractivity contribution in [2.75, 3.05) is 19.6 Å². The molecule has 1 aliphatic heterocycles. The van der Waals surface area contributed by atoms with Crippen molar-refractivity contribution >= 4 is 22.8 Å². The maximum Gasteiger partial charge on any atom is 0.284 e. The number of carbonyl (C=O) groups is 2. The minimum Gasteiger partial charge on any atom is -0.363 e. The molecule has 7 heteroatoms. The normalized spacial score (nSPS) is 15.8. The maximum absolute atomic E-state index is 12.4. The van der Waals surface area contributed by atoms with Gasteiger partial charge in [-0.1, -0.05) is 6.07 Å². The van der Waals surface area contributed by atoms with Crippen LogP contribution in [-0.2, 0) is 0 Å². The lowest BCUT2D eigenvalue weighted by Crippen LogP contribution is -2.36. The monoisotopic (exact) mass is 301 g/mol. The van der Waals surface area contributed by atoms with Crippen LogP contribution in [0.2, 0.25) is 0 Å². The van der Waals surface area contributed by atoms with Crippen LogP contribution in [0.4, 0.5) is 0 Å². The highest BCUT2D eigenvalue weighted by Gasteiger charge is 2.18. The predicted octanol–water partition coefficient (Wildman–Crippen LogP) is 0.391. The maximum atomic E-state index is 12.4. The quantitative estimate of drug-likeness (QED) is 0.654. The molecule has 2 heterocycles. The number of piperidine rings is 1. The summed E-state index contributed by atoms with van der Waals surface area (Å²) in [6, 6.07) is 5.22. The van der Waals surface area contributed by atoms with Crippen molar-refractivity contribution in [2.24, 2.45) is 11.7 Å². The molecular formula is C15H19N5O2. The van der Waals surface area contributed by atoms with Crippen LogP contribution < -0.4 is 16.4 Å². The molecule has 3 rings (SSSR count). The smallest absolute Gasteiger partial charge is 0.284 e. The van der Waals surface area contributed by atoms with Crippen LogP contribution in [0.1, 0.15) is 33.8 Å². The van der Waals surface area contributed by atoms with E-state index in [9.17, 15) is 9.59 Å². The molecule has 1 saturated heterocycles. The van der Waals surface area contributed by atoms with Crippen LogP contribution >= 0.6 is 0 Å². The molecule has 0 aliphatic carbocycles. The van der Waals surface area contributed by atoms with Crippen LogP contribution in [-0.4, -0.2) is 41.4 Å². The molecule has 1 aromatic carbocycles. The number of primary amides is 1. The molecule has 7 nitrogen and oxygen atoms in total. The number of aromatic amines is 1. The zero-order valence-electron chi connectivity index (χ0n) is 12.2. The van der Waals surface area contributed by atoms with Crippen molar-refractivity contribution in [3.63, 3.8) is 0 Å². The van der Waals surface area contributed by atoms with Crippen LogP contribution in [0, 0.1) is 5.92 Å². The standard InChI is InChI=1S/C15H19N5O2/c16-13(21)14-19-11-3-1-2-10(12(11)20-14)15(22)18-8-9-4-6-17-7-5-9/h1-3,9,17H,4-8H2,(H2,16,21)(H,18,22)(H,19,20). The van der Waals surface area contributed by atoms with E-state index in [0.29, 0.717) is 29.1 Å². The average molecular weight is 301 g/mol. The van der Waals surface area contributed by atoms with E-state index in [1.165, 1.54) is 0 Å². The van der Waals surface area contributed by atoms with Gasteiger partial charge in [0.15, 0.2) is 5.82 Å². The van der Waals surface area contributed by atoms with Crippen molar-refractivity contribution in [3.05, 3.63) is 29.6 Å². The summed E-state index contributed by atoms with van der Waals surface area (Å²) < 4.78 is 0. The Morgan fingerprint density at radius 3 is 2.82 bits per heavy atom. The van der Waals surface area contributed by atoms with Crippen LogP contribution in [0.25, 0.3) is 11.0 Å². The lowest BCUT2D eigenvalue weighted by Gasteiger charge is -2.22. The second-order valence-corrected chi connectivity index (χ2v) is 5.55. The number of amides is 2. The Labute approximate surface area is 127 Å². The molecule has 1 aliphatic rings. The van der Waals surface area contributed by atoms with Crippen LogP contribution in [0.3, 0.4) is 0 Å². The Morgan fingerprint density at radius 2 is 2.09 bits per heavy atom. The van der Waals surface area contributed by atoms with Gasteiger partial charge in [0, 0.05) is 6.54 Å². The SMILES string of the molecule is NC(=O)c1nc2c(C(=O)NCC3CCNCC3)cccc2[nH]1. The number of aromatic nitrogens is 2. The number of nitrogens with one attached hydrogen (secondary N) is 3. The molecule has 116 valence electrons. The van der Waals surface area contributed by atoms with Gasteiger partial charge in [0.2, 0.25) is 0 Å². The second-order valence-electron chi connectivity index (χ2n) is 5.55. The van der Waals surface area contributed by atoms with Gasteiger partial charge in [0.25, 0.3) is 11.8 Å². The Hall–Kier alpha value is -2.41. The molecule has 2 amide bonds. The number of hydrogen-bond donors (Lipinski definition) is 4. The molecule has 1 aromatic heterocycles. The summed E-state index contributed by atoms with van der Waals surface area (Å²) in [5.74, 6) is -0.248. The van der Waals surface area contributed by atoms with Crippen molar-refractivity contribution in [2.45, 2.75) is 12.8 Å². The first-order valence-corrected chi connectivity index (χ1v) is 7.42. The summed E-state index contributed by atoms with van der Waals surface area (Å²) >= 11 is 0. The van der Waals surface area contributed by atoms with E-state index in [0.717, 1.165) is 25.9 Å². The van der Waals surface area contributed by atoms with Gasteiger partial charge in [-0.15, -0.1) is 0 Å². The first kappa shape index (κ1) is 14.5. The number of fused-ring (bicyclic) bond motifs is 1. The lowest BCUT2D eigenvalue weighted by atomic mass is 9.98. The Bertz CT molecular complexity index is 703. The van der Waals surface area contributed by atoms with E-state index in [1.807, 2.05) is 0 Å². The summed E-state index contributed by atoms with van der Waals surface area (Å²) in [5, 5.41) is 6.26. The highest BCUT2D eigenvalue weighted by atomic mass is 16.2. The molecule has 5 N–H and O–H groups in total. The summed E-state index contributed by atoms with van der Waals surface area (Å²) in [6.45, 7) is 2.65. The zero-order valence-corrected chi connectivity index (χ0v) is 12.2. The van der Waals surface area contributed by atoms with Crippen molar-refractivity contribution in [1.29, 1.82) is 0 Å². The molecule has 0 bridgehead atoms. The van der Waals surface area contributed by atoms with Crippen molar-refractivity contribution in [3.8, 4) is 0 Å². The number of hydrogen-bond acceptors (Lipinski definition) is 4. The Balaban J connectivity index is 1.76. The molecule has 0 atom stereocenters. The second kappa shape index (κ2) is 6.15. The summed E-state index contributed by atoms with van der Waals surface area (Å²) in [5.41, 5.74) is 6.77. The van der Waals surface area contributed by atoms with Crippen molar-refractivity contribution in [1.82, 2.24) is 20.6 Å². The van der Waals surface area contributed by atoms with Gasteiger partial charge < -0.3 is 21.4 Å². The third kappa shape index (κ3) is 2.94. The molecule has 22 heavy (non-hydrogen) atoms. The number of nitrogens with two attached hydrogens (primary N) is 1. The largest absolute Gasteiger partial charge is 0.363 e. The van der Waals surface area contributed by atoms with Gasteiger partial charge >= 0.3 is 0 Å². The summed E-state index contributed by atoms with van der Waals surface area (Å²) in [4.78, 5) is 30.5. The summed E-state index contributed by atoms with van der Waals surface area (Å²) in [7, 11) is 0. The third-order valence-corrected chi connectivity index (χ3v) is 4.00. The van der Waals surface area contributed by atoms with Gasteiger partial charge in [-0.3, -0.25) is 9.59 Å². The van der Waals surface area contributed by atoms with Gasteiger partial charge in [-0.25, -0.2) is 4.98 Å². The lowest BCUT2D eigenvalue weighted by molar-refractivity contribution is 0.0943. The van der Waals surface area contributed by atoms with Gasteiger partial charge in [-0.05, 0) is 44.0 Å². The third-order valence-electron chi connectivity index (χ3n) is 4.00. The molecule has 0 spiro atoms. The van der Waals surface area contributed by atoms with E-state index in [2.05, 4.69) is 20.6 Å². The Kier molecular flexibility index (Phi) is 4.06. The predicted molar refractivity (Wildman–Crippen MR) is 82.5 cm³/mol. The van der Waals surface area contributed by atoms with Gasteiger partial charge in [0.1, 0.15) is 5.52 Å². The molecule has 0 unspecified atom stereocenters. The van der Waals surface area contributed by atoms with Crippen molar-refractivity contribution < 1.29 is 9.59 Å². The van der Waals surface area contributed by atoms with E-state index in [-0.39, 0.29) is 11.7 Å².